The van der Waals surface area contributed by atoms with Crippen molar-refractivity contribution in [1.29, 1.82) is 0 Å². The zero-order chi connectivity index (χ0) is 25.4. The van der Waals surface area contributed by atoms with Crippen molar-refractivity contribution in [2.75, 3.05) is 32.1 Å². The quantitative estimate of drug-likeness (QED) is 0.318. The Morgan fingerprint density at radius 3 is 2.54 bits per heavy atom. The van der Waals surface area contributed by atoms with Crippen LogP contribution in [0.5, 0.6) is 0 Å². The van der Waals surface area contributed by atoms with Crippen LogP contribution in [0.4, 0.5) is 18.9 Å². The van der Waals surface area contributed by atoms with Gasteiger partial charge in [0.2, 0.25) is 0 Å². The van der Waals surface area contributed by atoms with Crippen LogP contribution in [-0.2, 0) is 17.5 Å². The lowest BCUT2D eigenvalue weighted by Crippen LogP contribution is -2.23. The van der Waals surface area contributed by atoms with E-state index in [1.54, 1.807) is 30.5 Å². The summed E-state index contributed by atoms with van der Waals surface area (Å²) < 4.78 is 43.9. The molecule has 0 aliphatic carbocycles. The number of benzene rings is 2. The molecule has 35 heavy (non-hydrogen) atoms. The number of hydrogen-bond donors (Lipinski definition) is 1. The summed E-state index contributed by atoms with van der Waals surface area (Å²) in [6.45, 7) is 4.48. The van der Waals surface area contributed by atoms with Crippen LogP contribution < -0.4 is 5.32 Å². The lowest BCUT2D eigenvalue weighted by molar-refractivity contribution is -0.137. The summed E-state index contributed by atoms with van der Waals surface area (Å²) in [7, 11) is 1.95. The fraction of sp³-hybridized carbons (Fsp3) is 0.308. The summed E-state index contributed by atoms with van der Waals surface area (Å²) in [6.07, 6.45) is -1.96. The van der Waals surface area contributed by atoms with E-state index in [1.165, 1.54) is 12.1 Å². The Morgan fingerprint density at radius 1 is 1.14 bits per heavy atom. The molecule has 0 bridgehead atoms. The third-order valence-electron chi connectivity index (χ3n) is 5.32. The number of halogens is 4. The molecule has 2 aromatic carbocycles. The Balaban J connectivity index is 1.85. The number of aromatic nitrogens is 1. The van der Waals surface area contributed by atoms with E-state index >= 15 is 0 Å². The van der Waals surface area contributed by atoms with Gasteiger partial charge in [-0.3, -0.25) is 9.78 Å². The summed E-state index contributed by atoms with van der Waals surface area (Å²) in [4.78, 5) is 19.5. The number of amides is 1. The van der Waals surface area contributed by atoms with E-state index in [1.807, 2.05) is 20.0 Å². The third-order valence-corrected chi connectivity index (χ3v) is 5.63. The molecule has 0 aliphatic rings. The normalized spacial score (nSPS) is 11.6. The van der Waals surface area contributed by atoms with Crippen molar-refractivity contribution in [3.05, 3.63) is 82.5 Å². The smallest absolute Gasteiger partial charge is 0.382 e. The molecule has 0 radical (unpaired) electrons. The molecule has 0 unspecified atom stereocenters. The van der Waals surface area contributed by atoms with Gasteiger partial charge in [-0.2, -0.15) is 13.2 Å². The monoisotopic (exact) mass is 505 g/mol. The van der Waals surface area contributed by atoms with Crippen molar-refractivity contribution in [3.8, 4) is 11.3 Å². The summed E-state index contributed by atoms with van der Waals surface area (Å²) in [6, 6.07) is 13.2. The van der Waals surface area contributed by atoms with Crippen molar-refractivity contribution >= 4 is 23.2 Å². The zero-order valence-electron chi connectivity index (χ0n) is 19.5. The van der Waals surface area contributed by atoms with Crippen molar-refractivity contribution in [1.82, 2.24) is 9.88 Å². The SMILES string of the molecule is CCOCCCN(C)Cc1cc(-c2ncccc2Cl)ccc1C(=O)Nc1ccc(C(F)(F)F)cc1. The molecular weight excluding hydrogens is 479 g/mol. The maximum atomic E-state index is 13.1. The van der Waals surface area contributed by atoms with Gasteiger partial charge in [-0.1, -0.05) is 17.7 Å². The minimum Gasteiger partial charge on any atom is -0.382 e. The van der Waals surface area contributed by atoms with Gasteiger partial charge in [0, 0.05) is 49.3 Å². The second-order valence-corrected chi connectivity index (χ2v) is 8.43. The number of carbonyl (C=O) groups excluding carboxylic acids is 1. The van der Waals surface area contributed by atoms with Crippen LogP contribution in [0.3, 0.4) is 0 Å². The second-order valence-electron chi connectivity index (χ2n) is 8.02. The molecule has 0 spiro atoms. The first-order valence-electron chi connectivity index (χ1n) is 11.2. The predicted molar refractivity (Wildman–Crippen MR) is 132 cm³/mol. The van der Waals surface area contributed by atoms with Crippen LogP contribution in [0.15, 0.2) is 60.8 Å². The first-order chi connectivity index (χ1) is 16.7. The van der Waals surface area contributed by atoms with Crippen LogP contribution in [0.25, 0.3) is 11.3 Å². The Hall–Kier alpha value is -2.94. The minimum absolute atomic E-state index is 0.274. The molecule has 1 amide bonds. The number of pyridine rings is 1. The maximum absolute atomic E-state index is 13.1. The zero-order valence-corrected chi connectivity index (χ0v) is 20.3. The highest BCUT2D eigenvalue weighted by molar-refractivity contribution is 6.33. The van der Waals surface area contributed by atoms with Gasteiger partial charge in [-0.15, -0.1) is 0 Å². The fourth-order valence-corrected chi connectivity index (χ4v) is 3.81. The average Bonchev–Trinajstić information content (AvgIpc) is 2.82. The molecular formula is C26H27ClF3N3O2. The number of alkyl halides is 3. The van der Waals surface area contributed by atoms with Crippen LogP contribution in [0.2, 0.25) is 5.02 Å². The molecule has 0 atom stereocenters. The Kier molecular flexibility index (Phi) is 9.26. The maximum Gasteiger partial charge on any atom is 0.416 e. The number of anilines is 1. The standard InChI is InChI=1S/C26H27ClF3N3O2/c1-3-35-15-5-14-33(2)17-19-16-18(24-23(27)6-4-13-31-24)7-12-22(19)25(34)32-21-10-8-20(9-11-21)26(28,29)30/h4,6-13,16H,3,5,14-15,17H2,1-2H3,(H,32,34). The van der Waals surface area contributed by atoms with Gasteiger partial charge in [0.15, 0.2) is 0 Å². The van der Waals surface area contributed by atoms with Gasteiger partial charge in [-0.05, 0) is 74.5 Å². The largest absolute Gasteiger partial charge is 0.416 e. The van der Waals surface area contributed by atoms with Crippen molar-refractivity contribution in [2.45, 2.75) is 26.1 Å². The third kappa shape index (κ3) is 7.52. The molecule has 5 nitrogen and oxygen atoms in total. The van der Waals surface area contributed by atoms with Crippen LogP contribution in [0, 0.1) is 0 Å². The lowest BCUT2D eigenvalue weighted by atomic mass is 10.00. The highest BCUT2D eigenvalue weighted by Crippen LogP contribution is 2.31. The minimum atomic E-state index is -4.44. The van der Waals surface area contributed by atoms with Gasteiger partial charge in [-0.25, -0.2) is 0 Å². The van der Waals surface area contributed by atoms with Crippen LogP contribution in [-0.4, -0.2) is 42.6 Å². The van der Waals surface area contributed by atoms with E-state index in [2.05, 4.69) is 15.2 Å². The average molecular weight is 506 g/mol. The molecule has 0 saturated carbocycles. The van der Waals surface area contributed by atoms with Crippen molar-refractivity contribution in [3.63, 3.8) is 0 Å². The Labute approximate surface area is 207 Å². The molecule has 186 valence electrons. The summed E-state index contributed by atoms with van der Waals surface area (Å²) in [5.74, 6) is -0.416. The molecule has 1 heterocycles. The molecule has 9 heteroatoms. The fourth-order valence-electron chi connectivity index (χ4n) is 3.58. The predicted octanol–water partition coefficient (Wildman–Crippen LogP) is 6.53. The summed E-state index contributed by atoms with van der Waals surface area (Å²) >= 11 is 6.32. The molecule has 0 saturated heterocycles. The van der Waals surface area contributed by atoms with Gasteiger partial charge >= 0.3 is 6.18 Å². The number of carbonyl (C=O) groups is 1. The first kappa shape index (κ1) is 26.7. The van der Waals surface area contributed by atoms with E-state index in [0.29, 0.717) is 36.0 Å². The van der Waals surface area contributed by atoms with E-state index in [9.17, 15) is 18.0 Å². The van der Waals surface area contributed by atoms with E-state index in [4.69, 9.17) is 16.3 Å². The van der Waals surface area contributed by atoms with Crippen LogP contribution in [0.1, 0.15) is 34.8 Å². The highest BCUT2D eigenvalue weighted by Gasteiger charge is 2.30. The number of rotatable bonds is 10. The van der Waals surface area contributed by atoms with E-state index < -0.39 is 17.6 Å². The molecule has 3 aromatic rings. The molecule has 1 N–H and O–H groups in total. The van der Waals surface area contributed by atoms with Crippen LogP contribution >= 0.6 is 11.6 Å². The Bertz CT molecular complexity index is 1140. The molecule has 3 rings (SSSR count). The van der Waals surface area contributed by atoms with Gasteiger partial charge < -0.3 is 15.0 Å². The lowest BCUT2D eigenvalue weighted by Gasteiger charge is -2.20. The van der Waals surface area contributed by atoms with E-state index in [-0.39, 0.29) is 5.69 Å². The molecule has 1 aromatic heterocycles. The van der Waals surface area contributed by atoms with E-state index in [0.717, 1.165) is 36.2 Å². The highest BCUT2D eigenvalue weighted by atomic mass is 35.5. The molecule has 0 fully saturated rings. The topological polar surface area (TPSA) is 54.5 Å². The Morgan fingerprint density at radius 2 is 1.89 bits per heavy atom. The number of nitrogens with zero attached hydrogens (tertiary/aromatic N) is 2. The number of ether oxygens (including phenoxy) is 1. The number of nitrogens with one attached hydrogen (secondary N) is 1. The van der Waals surface area contributed by atoms with Crippen molar-refractivity contribution < 1.29 is 22.7 Å². The van der Waals surface area contributed by atoms with Gasteiger partial charge in [0.25, 0.3) is 5.91 Å². The summed E-state index contributed by atoms with van der Waals surface area (Å²) in [5, 5.41) is 3.19. The van der Waals surface area contributed by atoms with Gasteiger partial charge in [0.05, 0.1) is 16.3 Å². The van der Waals surface area contributed by atoms with Gasteiger partial charge in [0.1, 0.15) is 0 Å². The molecule has 0 aliphatic heterocycles. The summed E-state index contributed by atoms with van der Waals surface area (Å²) in [5.41, 5.74) is 2.02. The second kappa shape index (κ2) is 12.2. The first-order valence-corrected chi connectivity index (χ1v) is 11.6. The van der Waals surface area contributed by atoms with Crippen molar-refractivity contribution in [2.24, 2.45) is 0 Å². The number of hydrogen-bond acceptors (Lipinski definition) is 4.